The van der Waals surface area contributed by atoms with Crippen LogP contribution >= 0.6 is 0 Å². The Morgan fingerprint density at radius 2 is 2.25 bits per heavy atom. The van der Waals surface area contributed by atoms with Crippen LogP contribution in [-0.4, -0.2) is 19.1 Å². The van der Waals surface area contributed by atoms with Gasteiger partial charge in [0, 0.05) is 6.04 Å². The van der Waals surface area contributed by atoms with E-state index in [1.807, 2.05) is 0 Å². The molecule has 0 unspecified atom stereocenters. The minimum Gasteiger partial charge on any atom is -0.327 e. The van der Waals surface area contributed by atoms with Crippen LogP contribution in [0.2, 0.25) is 0 Å². The molecular weight excluding hydrogens is 100 g/mol. The SMILES string of the molecule is N[C@@H]1C[C@@H]2CNC[C@@H]21. The first kappa shape index (κ1) is 4.77. The van der Waals surface area contributed by atoms with Crippen LogP contribution in [0.25, 0.3) is 0 Å². The van der Waals surface area contributed by atoms with Crippen molar-refractivity contribution in [3.05, 3.63) is 0 Å². The molecule has 0 spiro atoms. The van der Waals surface area contributed by atoms with Crippen LogP contribution in [0.3, 0.4) is 0 Å². The van der Waals surface area contributed by atoms with E-state index < -0.39 is 0 Å². The Balaban J connectivity index is 2.02. The Kier molecular flexibility index (Phi) is 0.866. The largest absolute Gasteiger partial charge is 0.327 e. The van der Waals surface area contributed by atoms with Gasteiger partial charge in [-0.2, -0.15) is 0 Å². The molecular formula is C6H12N2. The summed E-state index contributed by atoms with van der Waals surface area (Å²) in [5.74, 6) is 1.76. The molecule has 2 heteroatoms. The Hall–Kier alpha value is -0.0800. The first-order chi connectivity index (χ1) is 3.88. The molecule has 3 atom stereocenters. The van der Waals surface area contributed by atoms with Crippen LogP contribution in [0, 0.1) is 11.8 Å². The molecule has 1 saturated carbocycles. The van der Waals surface area contributed by atoms with Gasteiger partial charge in [-0.25, -0.2) is 0 Å². The molecule has 0 aromatic carbocycles. The second-order valence-corrected chi connectivity index (χ2v) is 2.98. The zero-order valence-electron chi connectivity index (χ0n) is 4.93. The van der Waals surface area contributed by atoms with Crippen molar-refractivity contribution in [1.29, 1.82) is 0 Å². The summed E-state index contributed by atoms with van der Waals surface area (Å²) in [6.07, 6.45) is 1.26. The van der Waals surface area contributed by atoms with Gasteiger partial charge in [-0.1, -0.05) is 0 Å². The molecule has 46 valence electrons. The summed E-state index contributed by atoms with van der Waals surface area (Å²) in [6, 6.07) is 0.523. The molecule has 3 N–H and O–H groups in total. The summed E-state index contributed by atoms with van der Waals surface area (Å²) in [5.41, 5.74) is 5.72. The van der Waals surface area contributed by atoms with Crippen molar-refractivity contribution >= 4 is 0 Å². The quantitative estimate of drug-likeness (QED) is 0.445. The summed E-state index contributed by atoms with van der Waals surface area (Å²) in [7, 11) is 0. The zero-order valence-corrected chi connectivity index (χ0v) is 4.93. The van der Waals surface area contributed by atoms with Crippen LogP contribution in [0.5, 0.6) is 0 Å². The first-order valence-corrected chi connectivity index (χ1v) is 3.34. The Bertz CT molecular complexity index is 103. The minimum atomic E-state index is 0.523. The van der Waals surface area contributed by atoms with Crippen LogP contribution in [0.1, 0.15) is 6.42 Å². The van der Waals surface area contributed by atoms with Crippen LogP contribution in [0.15, 0.2) is 0 Å². The highest BCUT2D eigenvalue weighted by molar-refractivity contribution is 4.98. The van der Waals surface area contributed by atoms with Crippen molar-refractivity contribution < 1.29 is 0 Å². The predicted molar refractivity (Wildman–Crippen MR) is 32.4 cm³/mol. The van der Waals surface area contributed by atoms with Gasteiger partial charge in [-0.15, -0.1) is 0 Å². The van der Waals surface area contributed by atoms with Gasteiger partial charge in [0.2, 0.25) is 0 Å². The lowest BCUT2D eigenvalue weighted by molar-refractivity contribution is 0.194. The van der Waals surface area contributed by atoms with Gasteiger partial charge in [0.15, 0.2) is 0 Å². The van der Waals surface area contributed by atoms with Gasteiger partial charge < -0.3 is 11.1 Å². The summed E-state index contributed by atoms with van der Waals surface area (Å²) in [5, 5.41) is 3.33. The van der Waals surface area contributed by atoms with Crippen molar-refractivity contribution in [3.63, 3.8) is 0 Å². The predicted octanol–water partition coefficient (Wildman–Crippen LogP) is -0.447. The van der Waals surface area contributed by atoms with Gasteiger partial charge >= 0.3 is 0 Å². The first-order valence-electron chi connectivity index (χ1n) is 3.34. The molecule has 2 nitrogen and oxygen atoms in total. The lowest BCUT2D eigenvalue weighted by Crippen LogP contribution is -2.46. The topological polar surface area (TPSA) is 38.0 Å². The molecule has 8 heavy (non-hydrogen) atoms. The molecule has 1 saturated heterocycles. The van der Waals surface area contributed by atoms with Crippen LogP contribution in [0.4, 0.5) is 0 Å². The fourth-order valence-electron chi connectivity index (χ4n) is 1.84. The van der Waals surface area contributed by atoms with Gasteiger partial charge in [0.1, 0.15) is 0 Å². The molecule has 0 amide bonds. The highest BCUT2D eigenvalue weighted by Gasteiger charge is 2.41. The van der Waals surface area contributed by atoms with E-state index in [4.69, 9.17) is 5.73 Å². The standard InChI is InChI=1S/C6H12N2/c7-6-1-4-2-8-3-5(4)6/h4-6,8H,1-3,7H2/t4-,5+,6-/m1/s1. The van der Waals surface area contributed by atoms with Crippen molar-refractivity contribution in [1.82, 2.24) is 5.32 Å². The minimum absolute atomic E-state index is 0.523. The lowest BCUT2D eigenvalue weighted by Gasteiger charge is -2.36. The summed E-state index contributed by atoms with van der Waals surface area (Å²) in [6.45, 7) is 2.39. The Morgan fingerprint density at radius 1 is 1.38 bits per heavy atom. The van der Waals surface area contributed by atoms with E-state index in [2.05, 4.69) is 5.32 Å². The fraction of sp³-hybridized carbons (Fsp3) is 1.00. The highest BCUT2D eigenvalue weighted by Crippen LogP contribution is 2.35. The average molecular weight is 112 g/mol. The van der Waals surface area contributed by atoms with E-state index in [1.54, 1.807) is 0 Å². The average Bonchev–Trinajstić information content (AvgIpc) is 2.09. The number of hydrogen-bond donors (Lipinski definition) is 2. The molecule has 0 aromatic rings. The monoisotopic (exact) mass is 112 g/mol. The second kappa shape index (κ2) is 1.45. The van der Waals surface area contributed by atoms with E-state index >= 15 is 0 Å². The third-order valence-corrected chi connectivity index (χ3v) is 2.52. The van der Waals surface area contributed by atoms with E-state index in [-0.39, 0.29) is 0 Å². The zero-order chi connectivity index (χ0) is 5.56. The smallest absolute Gasteiger partial charge is 0.00856 e. The molecule has 0 radical (unpaired) electrons. The van der Waals surface area contributed by atoms with E-state index in [0.717, 1.165) is 11.8 Å². The summed E-state index contributed by atoms with van der Waals surface area (Å²) < 4.78 is 0. The maximum absolute atomic E-state index is 5.72. The lowest BCUT2D eigenvalue weighted by atomic mass is 9.72. The van der Waals surface area contributed by atoms with Crippen LogP contribution in [-0.2, 0) is 0 Å². The second-order valence-electron chi connectivity index (χ2n) is 2.98. The van der Waals surface area contributed by atoms with Crippen molar-refractivity contribution in [2.24, 2.45) is 17.6 Å². The number of nitrogens with one attached hydrogen (secondary N) is 1. The number of fused-ring (bicyclic) bond motifs is 1. The number of hydrogen-bond acceptors (Lipinski definition) is 2. The van der Waals surface area contributed by atoms with Crippen molar-refractivity contribution in [2.75, 3.05) is 13.1 Å². The molecule has 0 aromatic heterocycles. The highest BCUT2D eigenvalue weighted by atomic mass is 15.0. The Morgan fingerprint density at radius 3 is 2.75 bits per heavy atom. The van der Waals surface area contributed by atoms with E-state index in [9.17, 15) is 0 Å². The molecule has 2 rings (SSSR count). The van der Waals surface area contributed by atoms with Gasteiger partial charge in [-0.3, -0.25) is 0 Å². The maximum Gasteiger partial charge on any atom is 0.00856 e. The van der Waals surface area contributed by atoms with E-state index in [1.165, 1.54) is 19.5 Å². The molecule has 2 fully saturated rings. The van der Waals surface area contributed by atoms with Gasteiger partial charge in [0.05, 0.1) is 0 Å². The number of rotatable bonds is 0. The molecule has 0 bridgehead atoms. The maximum atomic E-state index is 5.72. The molecule has 2 aliphatic rings. The third-order valence-electron chi connectivity index (χ3n) is 2.52. The van der Waals surface area contributed by atoms with Gasteiger partial charge in [0.25, 0.3) is 0 Å². The van der Waals surface area contributed by atoms with Crippen LogP contribution < -0.4 is 11.1 Å². The normalized spacial score (nSPS) is 52.9. The summed E-state index contributed by atoms with van der Waals surface area (Å²) >= 11 is 0. The van der Waals surface area contributed by atoms with Crippen molar-refractivity contribution in [2.45, 2.75) is 12.5 Å². The molecule has 1 aliphatic carbocycles. The fourth-order valence-corrected chi connectivity index (χ4v) is 1.84. The Labute approximate surface area is 49.4 Å². The summed E-state index contributed by atoms with van der Waals surface area (Å²) in [4.78, 5) is 0. The van der Waals surface area contributed by atoms with Gasteiger partial charge in [-0.05, 0) is 31.3 Å². The van der Waals surface area contributed by atoms with E-state index in [0.29, 0.717) is 6.04 Å². The molecule has 1 aliphatic heterocycles. The van der Waals surface area contributed by atoms with Crippen molar-refractivity contribution in [3.8, 4) is 0 Å². The third kappa shape index (κ3) is 0.446. The molecule has 1 heterocycles. The number of nitrogens with two attached hydrogens (primary N) is 1.